The van der Waals surface area contributed by atoms with Gasteiger partial charge >= 0.3 is 5.97 Å². The molecule has 0 saturated carbocycles. The first kappa shape index (κ1) is 17.3. The first-order valence-electron chi connectivity index (χ1n) is 7.62. The average molecular weight is 290 g/mol. The smallest absolute Gasteiger partial charge is 0.309 e. The van der Waals surface area contributed by atoms with Crippen molar-refractivity contribution in [2.75, 3.05) is 6.61 Å². The second-order valence-electron chi connectivity index (χ2n) is 5.22. The normalized spacial score (nSPS) is 12.9. The molecule has 0 fully saturated rings. The van der Waals surface area contributed by atoms with Crippen LogP contribution < -0.4 is 4.74 Å². The first-order valence-corrected chi connectivity index (χ1v) is 7.62. The van der Waals surface area contributed by atoms with Gasteiger partial charge in [-0.1, -0.05) is 30.7 Å². The third-order valence-corrected chi connectivity index (χ3v) is 3.25. The van der Waals surface area contributed by atoms with Crippen molar-refractivity contribution in [3.05, 3.63) is 41.5 Å². The molecule has 0 amide bonds. The molecule has 1 atom stereocenters. The monoisotopic (exact) mass is 290 g/mol. The van der Waals surface area contributed by atoms with E-state index in [-0.39, 0.29) is 12.1 Å². The molecule has 0 saturated heterocycles. The van der Waals surface area contributed by atoms with Crippen molar-refractivity contribution in [3.8, 4) is 5.75 Å². The SMILES string of the molecule is CCOC(=O)CC(C)=CCc1ccc(OC(C)CC)cc1. The lowest BCUT2D eigenvalue weighted by Crippen LogP contribution is -2.09. The van der Waals surface area contributed by atoms with Crippen molar-refractivity contribution in [3.63, 3.8) is 0 Å². The summed E-state index contributed by atoms with van der Waals surface area (Å²) in [5.74, 6) is 0.740. The van der Waals surface area contributed by atoms with Crippen molar-refractivity contribution < 1.29 is 14.3 Å². The highest BCUT2D eigenvalue weighted by Gasteiger charge is 2.03. The van der Waals surface area contributed by atoms with Gasteiger partial charge in [0.05, 0.1) is 19.1 Å². The van der Waals surface area contributed by atoms with E-state index in [1.54, 1.807) is 0 Å². The Kier molecular flexibility index (Phi) is 7.59. The topological polar surface area (TPSA) is 35.5 Å². The quantitative estimate of drug-likeness (QED) is 0.529. The second-order valence-corrected chi connectivity index (χ2v) is 5.22. The van der Waals surface area contributed by atoms with Crippen LogP contribution in [0.25, 0.3) is 0 Å². The summed E-state index contributed by atoms with van der Waals surface area (Å²) in [5, 5.41) is 0. The van der Waals surface area contributed by atoms with Crippen molar-refractivity contribution in [1.82, 2.24) is 0 Å². The number of ether oxygens (including phenoxy) is 2. The maximum atomic E-state index is 11.4. The average Bonchev–Trinajstić information content (AvgIpc) is 2.46. The van der Waals surface area contributed by atoms with Gasteiger partial charge in [0.15, 0.2) is 0 Å². The van der Waals surface area contributed by atoms with Gasteiger partial charge in [-0.3, -0.25) is 4.79 Å². The maximum Gasteiger partial charge on any atom is 0.309 e. The van der Waals surface area contributed by atoms with Crippen LogP contribution in [0.3, 0.4) is 0 Å². The predicted molar refractivity (Wildman–Crippen MR) is 85.5 cm³/mol. The van der Waals surface area contributed by atoms with E-state index in [4.69, 9.17) is 9.47 Å². The molecular weight excluding hydrogens is 264 g/mol. The van der Waals surface area contributed by atoms with Gasteiger partial charge < -0.3 is 9.47 Å². The van der Waals surface area contributed by atoms with Crippen LogP contribution in [0.15, 0.2) is 35.9 Å². The highest BCUT2D eigenvalue weighted by Crippen LogP contribution is 2.16. The molecule has 0 N–H and O–H groups in total. The van der Waals surface area contributed by atoms with E-state index in [0.717, 1.165) is 24.2 Å². The van der Waals surface area contributed by atoms with E-state index in [1.807, 2.05) is 26.0 Å². The van der Waals surface area contributed by atoms with Gasteiger partial charge in [-0.2, -0.15) is 0 Å². The predicted octanol–water partition coefficient (Wildman–Crippen LogP) is 4.31. The lowest BCUT2D eigenvalue weighted by Gasteiger charge is -2.12. The Bertz CT molecular complexity index is 460. The zero-order valence-electron chi connectivity index (χ0n) is 13.5. The summed E-state index contributed by atoms with van der Waals surface area (Å²) >= 11 is 0. The molecule has 0 aliphatic heterocycles. The van der Waals surface area contributed by atoms with Gasteiger partial charge in [-0.25, -0.2) is 0 Å². The Labute approximate surface area is 128 Å². The summed E-state index contributed by atoms with van der Waals surface area (Å²) in [6.45, 7) is 8.38. The standard InChI is InChI=1S/C18H26O3/c1-5-15(4)21-17-11-9-16(10-12-17)8-7-14(3)13-18(19)20-6-2/h7,9-12,15H,5-6,8,13H2,1-4H3. The van der Waals surface area contributed by atoms with E-state index in [0.29, 0.717) is 13.0 Å². The molecule has 0 aliphatic carbocycles. The molecule has 0 aliphatic rings. The summed E-state index contributed by atoms with van der Waals surface area (Å²) < 4.78 is 10.7. The number of hydrogen-bond acceptors (Lipinski definition) is 3. The van der Waals surface area contributed by atoms with E-state index >= 15 is 0 Å². The van der Waals surface area contributed by atoms with Crippen molar-refractivity contribution >= 4 is 5.97 Å². The largest absolute Gasteiger partial charge is 0.491 e. The summed E-state index contributed by atoms with van der Waals surface area (Å²) in [7, 11) is 0. The molecular formula is C18H26O3. The zero-order chi connectivity index (χ0) is 15.7. The lowest BCUT2D eigenvalue weighted by atomic mass is 10.1. The Morgan fingerprint density at radius 3 is 2.48 bits per heavy atom. The van der Waals surface area contributed by atoms with Gasteiger partial charge in [0.25, 0.3) is 0 Å². The molecule has 0 heterocycles. The van der Waals surface area contributed by atoms with Gasteiger partial charge in [0, 0.05) is 0 Å². The van der Waals surface area contributed by atoms with Gasteiger partial charge in [0.1, 0.15) is 5.75 Å². The maximum absolute atomic E-state index is 11.4. The van der Waals surface area contributed by atoms with Crippen LogP contribution in [0, 0.1) is 0 Å². The minimum absolute atomic E-state index is 0.163. The molecule has 1 aromatic rings. The molecule has 0 spiro atoms. The number of carbonyl (C=O) groups is 1. The molecule has 116 valence electrons. The number of esters is 1. The molecule has 0 radical (unpaired) electrons. The van der Waals surface area contributed by atoms with E-state index in [9.17, 15) is 4.79 Å². The first-order chi connectivity index (χ1) is 10.0. The Hall–Kier alpha value is -1.77. The molecule has 0 aromatic heterocycles. The fourth-order valence-electron chi connectivity index (χ4n) is 1.82. The van der Waals surface area contributed by atoms with Crippen LogP contribution in [0.5, 0.6) is 5.75 Å². The number of hydrogen-bond donors (Lipinski definition) is 0. The van der Waals surface area contributed by atoms with E-state index < -0.39 is 0 Å². The summed E-state index contributed by atoms with van der Waals surface area (Å²) in [6, 6.07) is 8.11. The zero-order valence-corrected chi connectivity index (χ0v) is 13.5. The van der Waals surface area contributed by atoms with Crippen molar-refractivity contribution in [2.24, 2.45) is 0 Å². The fraction of sp³-hybridized carbons (Fsp3) is 0.500. The second kappa shape index (κ2) is 9.22. The Morgan fingerprint density at radius 1 is 1.24 bits per heavy atom. The number of rotatable bonds is 8. The summed E-state index contributed by atoms with van der Waals surface area (Å²) in [5.41, 5.74) is 2.24. The number of carbonyl (C=O) groups excluding carboxylic acids is 1. The number of allylic oxidation sites excluding steroid dienone is 1. The van der Waals surface area contributed by atoms with Crippen LogP contribution in [-0.2, 0) is 16.0 Å². The third kappa shape index (κ3) is 6.98. The lowest BCUT2D eigenvalue weighted by molar-refractivity contribution is -0.142. The van der Waals surface area contributed by atoms with Crippen LogP contribution >= 0.6 is 0 Å². The van der Waals surface area contributed by atoms with Crippen LogP contribution in [0.4, 0.5) is 0 Å². The van der Waals surface area contributed by atoms with Crippen molar-refractivity contribution in [1.29, 1.82) is 0 Å². The molecule has 1 aromatic carbocycles. The highest BCUT2D eigenvalue weighted by molar-refractivity contribution is 5.72. The third-order valence-electron chi connectivity index (χ3n) is 3.25. The molecule has 0 bridgehead atoms. The minimum atomic E-state index is -0.163. The fourth-order valence-corrected chi connectivity index (χ4v) is 1.82. The Balaban J connectivity index is 2.50. The highest BCUT2D eigenvalue weighted by atomic mass is 16.5. The van der Waals surface area contributed by atoms with Crippen LogP contribution in [-0.4, -0.2) is 18.7 Å². The Morgan fingerprint density at radius 2 is 1.90 bits per heavy atom. The number of benzene rings is 1. The molecule has 3 heteroatoms. The van der Waals surface area contributed by atoms with E-state index in [2.05, 4.69) is 32.1 Å². The van der Waals surface area contributed by atoms with Crippen LogP contribution in [0.1, 0.15) is 46.1 Å². The molecule has 1 rings (SSSR count). The van der Waals surface area contributed by atoms with E-state index in [1.165, 1.54) is 5.56 Å². The summed E-state index contributed by atoms with van der Waals surface area (Å²) in [6.07, 6.45) is 4.49. The molecule has 3 nitrogen and oxygen atoms in total. The summed E-state index contributed by atoms with van der Waals surface area (Å²) in [4.78, 5) is 11.4. The van der Waals surface area contributed by atoms with Crippen LogP contribution in [0.2, 0.25) is 0 Å². The molecule has 1 unspecified atom stereocenters. The van der Waals surface area contributed by atoms with Gasteiger partial charge in [-0.05, 0) is 51.3 Å². The minimum Gasteiger partial charge on any atom is -0.491 e. The van der Waals surface area contributed by atoms with Gasteiger partial charge in [-0.15, -0.1) is 0 Å². The van der Waals surface area contributed by atoms with Gasteiger partial charge in [0.2, 0.25) is 0 Å². The van der Waals surface area contributed by atoms with Crippen molar-refractivity contribution in [2.45, 2.75) is 53.1 Å². The molecule has 21 heavy (non-hydrogen) atoms.